The van der Waals surface area contributed by atoms with E-state index < -0.39 is 0 Å². The zero-order valence-electron chi connectivity index (χ0n) is 11.9. The predicted octanol–water partition coefficient (Wildman–Crippen LogP) is 3.28. The van der Waals surface area contributed by atoms with Crippen LogP contribution in [0.2, 0.25) is 0 Å². The van der Waals surface area contributed by atoms with Crippen LogP contribution >= 0.6 is 0 Å². The van der Waals surface area contributed by atoms with Crippen LogP contribution in [0.4, 0.5) is 0 Å². The van der Waals surface area contributed by atoms with Crippen LogP contribution in [-0.4, -0.2) is 31.1 Å². The Labute approximate surface area is 111 Å². The fourth-order valence-electron chi connectivity index (χ4n) is 2.50. The minimum absolute atomic E-state index is 0.401. The largest absolute Gasteiger partial charge is 0.490 e. The number of aryl methyl sites for hydroxylation is 2. The van der Waals surface area contributed by atoms with Crippen molar-refractivity contribution in [1.82, 2.24) is 4.90 Å². The second kappa shape index (κ2) is 6.24. The topological polar surface area (TPSA) is 12.5 Å². The van der Waals surface area contributed by atoms with Crippen molar-refractivity contribution in [2.45, 2.75) is 45.6 Å². The third kappa shape index (κ3) is 3.49. The molecule has 1 heterocycles. The number of rotatable bonds is 4. The van der Waals surface area contributed by atoms with E-state index >= 15 is 0 Å². The first-order chi connectivity index (χ1) is 8.71. The minimum Gasteiger partial charge on any atom is -0.490 e. The molecular weight excluding hydrogens is 222 g/mol. The molecule has 1 fully saturated rings. The van der Waals surface area contributed by atoms with E-state index in [-0.39, 0.29) is 0 Å². The first kappa shape index (κ1) is 13.4. The maximum absolute atomic E-state index is 6.16. The zero-order valence-corrected chi connectivity index (χ0v) is 11.9. The second-order valence-corrected chi connectivity index (χ2v) is 5.31. The summed E-state index contributed by atoms with van der Waals surface area (Å²) < 4.78 is 6.16. The van der Waals surface area contributed by atoms with E-state index in [1.807, 2.05) is 0 Å². The van der Waals surface area contributed by atoms with Crippen molar-refractivity contribution in [3.63, 3.8) is 0 Å². The van der Waals surface area contributed by atoms with Gasteiger partial charge in [-0.2, -0.15) is 0 Å². The Morgan fingerprint density at radius 3 is 2.11 bits per heavy atom. The molecule has 0 N–H and O–H groups in total. The van der Waals surface area contributed by atoms with Gasteiger partial charge in [0.15, 0.2) is 0 Å². The van der Waals surface area contributed by atoms with Crippen LogP contribution in [0.1, 0.15) is 37.8 Å². The number of hydrogen-bond donors (Lipinski definition) is 0. The summed E-state index contributed by atoms with van der Waals surface area (Å²) in [4.78, 5) is 2.37. The first-order valence-corrected chi connectivity index (χ1v) is 7.19. The molecule has 1 aliphatic rings. The molecular formula is C16H25NO. The Kier molecular flexibility index (Phi) is 4.65. The van der Waals surface area contributed by atoms with E-state index in [1.54, 1.807) is 0 Å². The zero-order chi connectivity index (χ0) is 13.0. The number of piperidine rings is 1. The molecule has 100 valence electrons. The van der Waals surface area contributed by atoms with Gasteiger partial charge in [0.05, 0.1) is 0 Å². The molecule has 2 rings (SSSR count). The molecule has 0 amide bonds. The normalized spacial score (nSPS) is 17.9. The molecule has 0 bridgehead atoms. The van der Waals surface area contributed by atoms with Crippen LogP contribution in [0.5, 0.6) is 5.75 Å². The van der Waals surface area contributed by atoms with Crippen molar-refractivity contribution >= 4 is 0 Å². The van der Waals surface area contributed by atoms with E-state index in [9.17, 15) is 0 Å². The van der Waals surface area contributed by atoms with Gasteiger partial charge in [0, 0.05) is 13.1 Å². The molecule has 18 heavy (non-hydrogen) atoms. The van der Waals surface area contributed by atoms with Gasteiger partial charge in [-0.1, -0.05) is 19.9 Å². The van der Waals surface area contributed by atoms with Gasteiger partial charge in [0.2, 0.25) is 0 Å². The quantitative estimate of drug-likeness (QED) is 0.809. The van der Waals surface area contributed by atoms with Crippen LogP contribution < -0.4 is 4.74 Å². The van der Waals surface area contributed by atoms with E-state index in [0.29, 0.717) is 6.10 Å². The highest BCUT2D eigenvalue weighted by Crippen LogP contribution is 2.22. The van der Waals surface area contributed by atoms with E-state index in [2.05, 4.69) is 44.0 Å². The lowest BCUT2D eigenvalue weighted by Gasteiger charge is -2.29. The Bertz CT molecular complexity index is 358. The molecule has 0 aliphatic carbocycles. The third-order valence-electron chi connectivity index (χ3n) is 3.81. The third-order valence-corrected chi connectivity index (χ3v) is 3.81. The van der Waals surface area contributed by atoms with E-state index in [0.717, 1.165) is 44.5 Å². The molecule has 2 nitrogen and oxygen atoms in total. The number of benzene rings is 1. The standard InChI is InChI=1S/C16H25NO/c1-4-13-10-14(5-2)12-16(11-13)18-15-6-8-17(3)9-7-15/h10-12,15H,4-9H2,1-3H3. The van der Waals surface area contributed by atoms with Crippen molar-refractivity contribution in [2.24, 2.45) is 0 Å². The molecule has 0 aromatic heterocycles. The highest BCUT2D eigenvalue weighted by atomic mass is 16.5. The molecule has 0 atom stereocenters. The number of likely N-dealkylation sites (tertiary alicyclic amines) is 1. The molecule has 1 aromatic rings. The van der Waals surface area contributed by atoms with Gasteiger partial charge in [-0.3, -0.25) is 0 Å². The summed E-state index contributed by atoms with van der Waals surface area (Å²) >= 11 is 0. The molecule has 1 saturated heterocycles. The Hall–Kier alpha value is -1.02. The highest BCUT2D eigenvalue weighted by molar-refractivity contribution is 5.34. The maximum atomic E-state index is 6.16. The monoisotopic (exact) mass is 247 g/mol. The average molecular weight is 247 g/mol. The van der Waals surface area contributed by atoms with Gasteiger partial charge in [0.25, 0.3) is 0 Å². The van der Waals surface area contributed by atoms with Gasteiger partial charge >= 0.3 is 0 Å². The summed E-state index contributed by atoms with van der Waals surface area (Å²) in [6.07, 6.45) is 4.86. The Morgan fingerprint density at radius 1 is 1.06 bits per heavy atom. The summed E-state index contributed by atoms with van der Waals surface area (Å²) in [7, 11) is 2.18. The molecule has 0 saturated carbocycles. The molecule has 0 radical (unpaired) electrons. The molecule has 1 aromatic carbocycles. The fourth-order valence-corrected chi connectivity index (χ4v) is 2.50. The Balaban J connectivity index is 2.03. The van der Waals surface area contributed by atoms with Gasteiger partial charge in [-0.25, -0.2) is 0 Å². The second-order valence-electron chi connectivity index (χ2n) is 5.31. The lowest BCUT2D eigenvalue weighted by atomic mass is 10.1. The summed E-state index contributed by atoms with van der Waals surface area (Å²) in [5.74, 6) is 1.07. The van der Waals surface area contributed by atoms with Crippen LogP contribution in [0.3, 0.4) is 0 Å². The van der Waals surface area contributed by atoms with Crippen molar-refractivity contribution in [3.8, 4) is 5.75 Å². The summed E-state index contributed by atoms with van der Waals surface area (Å²) in [6.45, 7) is 6.71. The summed E-state index contributed by atoms with van der Waals surface area (Å²) in [5, 5.41) is 0. The SMILES string of the molecule is CCc1cc(CC)cc(OC2CCN(C)CC2)c1. The smallest absolute Gasteiger partial charge is 0.120 e. The first-order valence-electron chi connectivity index (χ1n) is 7.19. The minimum atomic E-state index is 0.401. The van der Waals surface area contributed by atoms with Gasteiger partial charge in [0.1, 0.15) is 11.9 Å². The number of ether oxygens (including phenoxy) is 1. The number of hydrogen-bond acceptors (Lipinski definition) is 2. The van der Waals surface area contributed by atoms with Crippen LogP contribution in [0, 0.1) is 0 Å². The van der Waals surface area contributed by atoms with Crippen molar-refractivity contribution < 1.29 is 4.74 Å². The van der Waals surface area contributed by atoms with Gasteiger partial charge in [-0.05, 0) is 56.0 Å². The average Bonchev–Trinajstić information content (AvgIpc) is 2.41. The van der Waals surface area contributed by atoms with E-state index in [1.165, 1.54) is 11.1 Å². The molecule has 0 unspecified atom stereocenters. The molecule has 2 heteroatoms. The van der Waals surface area contributed by atoms with Gasteiger partial charge < -0.3 is 9.64 Å². The summed E-state index contributed by atoms with van der Waals surface area (Å²) in [6, 6.07) is 6.70. The van der Waals surface area contributed by atoms with E-state index in [4.69, 9.17) is 4.74 Å². The Morgan fingerprint density at radius 2 is 1.61 bits per heavy atom. The highest BCUT2D eigenvalue weighted by Gasteiger charge is 2.18. The molecule has 0 spiro atoms. The summed E-state index contributed by atoms with van der Waals surface area (Å²) in [5.41, 5.74) is 2.77. The lowest BCUT2D eigenvalue weighted by Crippen LogP contribution is -2.35. The maximum Gasteiger partial charge on any atom is 0.120 e. The lowest BCUT2D eigenvalue weighted by molar-refractivity contribution is 0.114. The number of nitrogens with zero attached hydrogens (tertiary/aromatic N) is 1. The van der Waals surface area contributed by atoms with Crippen LogP contribution in [0.25, 0.3) is 0 Å². The predicted molar refractivity (Wildman–Crippen MR) is 76.3 cm³/mol. The van der Waals surface area contributed by atoms with Crippen molar-refractivity contribution in [2.75, 3.05) is 20.1 Å². The van der Waals surface area contributed by atoms with Crippen LogP contribution in [-0.2, 0) is 12.8 Å². The van der Waals surface area contributed by atoms with Crippen molar-refractivity contribution in [1.29, 1.82) is 0 Å². The van der Waals surface area contributed by atoms with Crippen LogP contribution in [0.15, 0.2) is 18.2 Å². The van der Waals surface area contributed by atoms with Crippen molar-refractivity contribution in [3.05, 3.63) is 29.3 Å². The molecule has 1 aliphatic heterocycles. The van der Waals surface area contributed by atoms with Gasteiger partial charge in [-0.15, -0.1) is 0 Å². The fraction of sp³-hybridized carbons (Fsp3) is 0.625.